The third-order valence-electron chi connectivity index (χ3n) is 3.61. The van der Waals surface area contributed by atoms with E-state index in [1.807, 2.05) is 37.3 Å². The van der Waals surface area contributed by atoms with Crippen LogP contribution >= 0.6 is 0 Å². The average molecular weight is 324 g/mol. The van der Waals surface area contributed by atoms with Crippen LogP contribution < -0.4 is 4.90 Å². The lowest BCUT2D eigenvalue weighted by Gasteiger charge is -2.24. The molecular formula is C17H20N6O. The molecule has 3 rings (SSSR count). The van der Waals surface area contributed by atoms with E-state index in [0.29, 0.717) is 19.0 Å². The topological polar surface area (TPSA) is 79.8 Å². The van der Waals surface area contributed by atoms with Gasteiger partial charge in [-0.3, -0.25) is 4.98 Å². The summed E-state index contributed by atoms with van der Waals surface area (Å²) in [6.07, 6.45) is 1.77. The van der Waals surface area contributed by atoms with E-state index in [9.17, 15) is 0 Å². The molecule has 0 atom stereocenters. The fourth-order valence-corrected chi connectivity index (χ4v) is 2.39. The molecule has 2 aromatic heterocycles. The Morgan fingerprint density at radius 1 is 1.12 bits per heavy atom. The normalized spacial score (nSPS) is 10.7. The van der Waals surface area contributed by atoms with Crippen LogP contribution in [0.1, 0.15) is 12.6 Å². The van der Waals surface area contributed by atoms with Gasteiger partial charge in [-0.2, -0.15) is 5.21 Å². The summed E-state index contributed by atoms with van der Waals surface area (Å²) in [5.41, 5.74) is 2.97. The number of tetrazole rings is 1. The highest BCUT2D eigenvalue weighted by Crippen LogP contribution is 2.17. The second-order valence-electron chi connectivity index (χ2n) is 5.23. The molecule has 7 heteroatoms. The summed E-state index contributed by atoms with van der Waals surface area (Å²) in [5.74, 6) is 0.547. The molecular weight excluding hydrogens is 304 g/mol. The van der Waals surface area contributed by atoms with Crippen molar-refractivity contribution in [2.45, 2.75) is 13.5 Å². The first-order valence-corrected chi connectivity index (χ1v) is 7.93. The van der Waals surface area contributed by atoms with Gasteiger partial charge in [0, 0.05) is 30.6 Å². The highest BCUT2D eigenvalue weighted by molar-refractivity contribution is 5.52. The highest BCUT2D eigenvalue weighted by atomic mass is 16.5. The van der Waals surface area contributed by atoms with E-state index >= 15 is 0 Å². The van der Waals surface area contributed by atoms with Crippen LogP contribution in [0.2, 0.25) is 0 Å². The van der Waals surface area contributed by atoms with Crippen molar-refractivity contribution in [3.8, 4) is 11.4 Å². The second-order valence-corrected chi connectivity index (χ2v) is 5.23. The number of para-hydroxylation sites is 1. The van der Waals surface area contributed by atoms with Gasteiger partial charge < -0.3 is 9.64 Å². The molecule has 124 valence electrons. The van der Waals surface area contributed by atoms with Crippen molar-refractivity contribution in [2.75, 3.05) is 24.7 Å². The van der Waals surface area contributed by atoms with Gasteiger partial charge in [0.05, 0.1) is 18.8 Å². The molecule has 1 N–H and O–H groups in total. The molecule has 0 saturated heterocycles. The van der Waals surface area contributed by atoms with Crippen LogP contribution in [0.4, 0.5) is 5.69 Å². The maximum atomic E-state index is 5.50. The minimum Gasteiger partial charge on any atom is -0.380 e. The monoisotopic (exact) mass is 324 g/mol. The molecule has 7 nitrogen and oxygen atoms in total. The summed E-state index contributed by atoms with van der Waals surface area (Å²) in [5, 5.41) is 13.9. The van der Waals surface area contributed by atoms with Crippen LogP contribution in [0.5, 0.6) is 0 Å². The lowest BCUT2D eigenvalue weighted by Crippen LogP contribution is -2.27. The van der Waals surface area contributed by atoms with Gasteiger partial charge in [-0.1, -0.05) is 18.2 Å². The first-order chi connectivity index (χ1) is 11.9. The van der Waals surface area contributed by atoms with Crippen molar-refractivity contribution in [1.29, 1.82) is 0 Å². The van der Waals surface area contributed by atoms with Crippen LogP contribution in [0.15, 0.2) is 48.7 Å². The Balaban J connectivity index is 1.72. The molecule has 1 aromatic carbocycles. The Morgan fingerprint density at radius 2 is 2.00 bits per heavy atom. The van der Waals surface area contributed by atoms with Crippen molar-refractivity contribution in [3.63, 3.8) is 0 Å². The summed E-state index contributed by atoms with van der Waals surface area (Å²) < 4.78 is 5.50. The van der Waals surface area contributed by atoms with Crippen molar-refractivity contribution in [1.82, 2.24) is 25.6 Å². The smallest absolute Gasteiger partial charge is 0.206 e. The number of H-pyrrole nitrogens is 1. The van der Waals surface area contributed by atoms with Gasteiger partial charge in [0.2, 0.25) is 5.82 Å². The lowest BCUT2D eigenvalue weighted by atomic mass is 10.2. The average Bonchev–Trinajstić information content (AvgIpc) is 3.17. The maximum Gasteiger partial charge on any atom is 0.206 e. The van der Waals surface area contributed by atoms with Gasteiger partial charge in [-0.25, -0.2) is 0 Å². The molecule has 2 heterocycles. The van der Waals surface area contributed by atoms with Gasteiger partial charge in [0.1, 0.15) is 0 Å². The van der Waals surface area contributed by atoms with Gasteiger partial charge in [0.15, 0.2) is 0 Å². The first kappa shape index (κ1) is 16.1. The van der Waals surface area contributed by atoms with E-state index < -0.39 is 0 Å². The Hall–Kier alpha value is -2.80. The molecule has 0 fully saturated rings. The van der Waals surface area contributed by atoms with E-state index in [1.54, 1.807) is 6.20 Å². The predicted octanol–water partition coefficient (Wildman–Crippen LogP) is 2.30. The summed E-state index contributed by atoms with van der Waals surface area (Å²) in [6.45, 7) is 4.94. The number of anilines is 1. The molecule has 0 aliphatic carbocycles. The Morgan fingerprint density at radius 3 is 2.67 bits per heavy atom. The Labute approximate surface area is 140 Å². The number of hydrogen-bond donors (Lipinski definition) is 1. The number of rotatable bonds is 8. The fraction of sp³-hybridized carbons (Fsp3) is 0.294. The molecule has 0 bridgehead atoms. The minimum atomic E-state index is 0.547. The molecule has 0 radical (unpaired) electrons. The van der Waals surface area contributed by atoms with Gasteiger partial charge in [-0.05, 0) is 36.4 Å². The number of benzene rings is 1. The van der Waals surface area contributed by atoms with Crippen LogP contribution in [0, 0.1) is 0 Å². The van der Waals surface area contributed by atoms with Crippen LogP contribution in [-0.2, 0) is 11.3 Å². The third kappa shape index (κ3) is 4.14. The molecule has 24 heavy (non-hydrogen) atoms. The summed E-state index contributed by atoms with van der Waals surface area (Å²) in [7, 11) is 0. The van der Waals surface area contributed by atoms with Crippen LogP contribution in [-0.4, -0.2) is 45.4 Å². The second kappa shape index (κ2) is 8.16. The minimum absolute atomic E-state index is 0.547. The van der Waals surface area contributed by atoms with Gasteiger partial charge in [0.25, 0.3) is 0 Å². The van der Waals surface area contributed by atoms with E-state index in [-0.39, 0.29) is 0 Å². The number of nitrogens with one attached hydrogen (secondary N) is 1. The Kier molecular flexibility index (Phi) is 5.47. The number of aromatic nitrogens is 5. The first-order valence-electron chi connectivity index (χ1n) is 7.93. The maximum absolute atomic E-state index is 5.50. The lowest BCUT2D eigenvalue weighted by molar-refractivity contribution is 0.153. The molecule has 0 amide bonds. The number of pyridine rings is 1. The molecule has 0 saturated carbocycles. The van der Waals surface area contributed by atoms with Gasteiger partial charge >= 0.3 is 0 Å². The summed E-state index contributed by atoms with van der Waals surface area (Å²) in [6, 6.07) is 14.2. The van der Waals surface area contributed by atoms with Crippen LogP contribution in [0.25, 0.3) is 11.4 Å². The summed E-state index contributed by atoms with van der Waals surface area (Å²) in [4.78, 5) is 6.78. The largest absolute Gasteiger partial charge is 0.380 e. The SMILES string of the molecule is CCOCCN(Cc1ccc(-c2nn[nH]n2)cn1)c1ccccc1. The number of aromatic amines is 1. The predicted molar refractivity (Wildman–Crippen MR) is 91.4 cm³/mol. The van der Waals surface area contributed by atoms with Crippen molar-refractivity contribution in [3.05, 3.63) is 54.4 Å². The molecule has 0 unspecified atom stereocenters. The molecule has 0 spiro atoms. The molecule has 3 aromatic rings. The zero-order valence-electron chi connectivity index (χ0n) is 13.6. The fourth-order valence-electron chi connectivity index (χ4n) is 2.39. The quantitative estimate of drug-likeness (QED) is 0.641. The standard InChI is InChI=1S/C17H20N6O/c1-2-24-11-10-23(16-6-4-3-5-7-16)13-15-9-8-14(12-18-15)17-19-21-22-20-17/h3-9,12H,2,10-11,13H2,1H3,(H,19,20,21,22). The third-order valence-corrected chi connectivity index (χ3v) is 3.61. The zero-order chi connectivity index (χ0) is 16.6. The zero-order valence-corrected chi connectivity index (χ0v) is 13.6. The Bertz CT molecular complexity index is 715. The molecule has 0 aliphatic rings. The number of hydrogen-bond acceptors (Lipinski definition) is 6. The van der Waals surface area contributed by atoms with E-state index in [2.05, 4.69) is 42.6 Å². The summed E-state index contributed by atoms with van der Waals surface area (Å²) >= 11 is 0. The van der Waals surface area contributed by atoms with Crippen molar-refractivity contribution in [2.24, 2.45) is 0 Å². The van der Waals surface area contributed by atoms with E-state index in [1.165, 1.54) is 0 Å². The van der Waals surface area contributed by atoms with Gasteiger partial charge in [-0.15, -0.1) is 10.2 Å². The number of ether oxygens (including phenoxy) is 1. The van der Waals surface area contributed by atoms with E-state index in [0.717, 1.165) is 30.1 Å². The molecule has 0 aliphatic heterocycles. The van der Waals surface area contributed by atoms with Crippen molar-refractivity contribution < 1.29 is 4.74 Å². The van der Waals surface area contributed by atoms with Crippen molar-refractivity contribution >= 4 is 5.69 Å². The van der Waals surface area contributed by atoms with Crippen LogP contribution in [0.3, 0.4) is 0 Å². The highest BCUT2D eigenvalue weighted by Gasteiger charge is 2.09. The number of nitrogens with zero attached hydrogens (tertiary/aromatic N) is 5. The van der Waals surface area contributed by atoms with E-state index in [4.69, 9.17) is 4.74 Å².